The number of rotatable bonds is 4. The van der Waals surface area contributed by atoms with Gasteiger partial charge in [0.1, 0.15) is 0 Å². The Balaban J connectivity index is 2.28. The van der Waals surface area contributed by atoms with E-state index in [0.29, 0.717) is 3.57 Å². The van der Waals surface area contributed by atoms with Crippen LogP contribution in [0, 0.1) is 19.8 Å². The van der Waals surface area contributed by atoms with Gasteiger partial charge in [0.05, 0.1) is 0 Å². The van der Waals surface area contributed by atoms with Crippen LogP contribution in [-0.4, -0.2) is 8.42 Å². The van der Waals surface area contributed by atoms with Crippen LogP contribution >= 0.6 is 20.2 Å². The van der Waals surface area contributed by atoms with E-state index in [1.54, 1.807) is 36.4 Å². The van der Waals surface area contributed by atoms with Crippen molar-refractivity contribution in [1.29, 1.82) is 5.26 Å². The molecule has 0 unspecified atom stereocenters. The van der Waals surface area contributed by atoms with E-state index in [1.807, 2.05) is 17.1 Å². The van der Waals surface area contributed by atoms with Crippen molar-refractivity contribution in [3.05, 3.63) is 63.7 Å². The van der Waals surface area contributed by atoms with Crippen LogP contribution in [0.25, 0.3) is 0 Å². The number of aryl methyl sites for hydroxylation is 1. The second kappa shape index (κ2) is 6.35. The van der Waals surface area contributed by atoms with Crippen molar-refractivity contribution in [3.63, 3.8) is 0 Å². The van der Waals surface area contributed by atoms with Crippen molar-refractivity contribution in [2.24, 2.45) is 0 Å². The third-order valence-electron chi connectivity index (χ3n) is 2.46. The zero-order valence-corrected chi connectivity index (χ0v) is 13.6. The fraction of sp³-hybridized carbons (Fsp3) is 0.0714. The first kappa shape index (κ1) is 15.0. The minimum atomic E-state index is -3.89. The average molecular weight is 401 g/mol. The molecule has 2 aromatic carbocycles. The van der Waals surface area contributed by atoms with Gasteiger partial charge in [-0.25, -0.2) is 0 Å². The molecule has 0 aliphatic rings. The van der Waals surface area contributed by atoms with Crippen molar-refractivity contribution >= 4 is 30.4 Å². The molecular weight excluding hydrogens is 389 g/mol. The zero-order chi connectivity index (χ0) is 14.6. The number of halogens is 1. The van der Waals surface area contributed by atoms with Crippen molar-refractivity contribution in [2.75, 3.05) is 0 Å². The molecule has 0 amide bonds. The molecule has 0 aliphatic carbocycles. The summed E-state index contributed by atoms with van der Waals surface area (Å²) in [5, 5.41) is 9.16. The molecule has 6 heteroatoms. The molecule has 20 heavy (non-hydrogen) atoms. The van der Waals surface area contributed by atoms with Crippen LogP contribution < -0.4 is 0 Å². The van der Waals surface area contributed by atoms with E-state index >= 15 is 0 Å². The summed E-state index contributed by atoms with van der Waals surface area (Å²) in [6, 6.07) is 15.1. The van der Waals surface area contributed by atoms with Gasteiger partial charge in [-0.1, -0.05) is 0 Å². The van der Waals surface area contributed by atoms with E-state index in [1.165, 1.54) is 12.1 Å². The molecule has 0 fully saturated rings. The van der Waals surface area contributed by atoms with Gasteiger partial charge >= 0.3 is 126 Å². The van der Waals surface area contributed by atoms with Crippen LogP contribution in [0.1, 0.15) is 5.56 Å². The predicted molar refractivity (Wildman–Crippen MR) is 84.2 cm³/mol. The summed E-state index contributed by atoms with van der Waals surface area (Å²) >= 11 is -2.85. The first-order chi connectivity index (χ1) is 9.53. The van der Waals surface area contributed by atoms with Gasteiger partial charge < -0.3 is 0 Å². The van der Waals surface area contributed by atoms with E-state index < -0.39 is 30.4 Å². The summed E-state index contributed by atoms with van der Waals surface area (Å²) < 4.78 is 32.1. The van der Waals surface area contributed by atoms with Crippen LogP contribution in [0.2, 0.25) is 0 Å². The molecule has 0 heterocycles. The molecule has 4 nitrogen and oxygen atoms in total. The number of nitrogens with zero attached hydrogens (tertiary/aromatic N) is 1. The van der Waals surface area contributed by atoms with Gasteiger partial charge in [0.2, 0.25) is 0 Å². The molecule has 0 saturated carbocycles. The molecule has 0 spiro atoms. The Morgan fingerprint density at radius 2 is 1.65 bits per heavy atom. The maximum absolute atomic E-state index is 12.2. The summed E-state index contributed by atoms with van der Waals surface area (Å²) in [4.78, 5) is 0.0802. The van der Waals surface area contributed by atoms with Crippen LogP contribution in [0.3, 0.4) is 0 Å². The first-order valence-electron chi connectivity index (χ1n) is 5.69. The van der Waals surface area contributed by atoms with Gasteiger partial charge in [-0.2, -0.15) is 0 Å². The molecule has 0 radical (unpaired) electrons. The van der Waals surface area contributed by atoms with Crippen molar-refractivity contribution in [1.82, 2.24) is 0 Å². The first-order valence-corrected chi connectivity index (χ1v) is 10.1. The third-order valence-corrected chi connectivity index (χ3v) is 8.39. The topological polar surface area (TPSA) is 67.2 Å². The quantitative estimate of drug-likeness (QED) is 0.736. The summed E-state index contributed by atoms with van der Waals surface area (Å²) in [5.41, 5.74) is 0.961. The summed E-state index contributed by atoms with van der Waals surface area (Å²) in [7, 11) is -3.89. The Kier molecular flexibility index (Phi) is 4.75. The Hall–Kier alpha value is -1.43. The maximum atomic E-state index is 12.2. The summed E-state index contributed by atoms with van der Waals surface area (Å²) in [5.74, 6) is 0. The van der Waals surface area contributed by atoms with Crippen molar-refractivity contribution in [3.8, 4) is 4.08 Å². The normalized spacial score (nSPS) is 11.7. The Morgan fingerprint density at radius 3 is 2.20 bits per heavy atom. The fourth-order valence-corrected chi connectivity index (χ4v) is 6.52. The summed E-state index contributed by atoms with van der Waals surface area (Å²) in [6.07, 6.45) is 0. The fourth-order valence-electron chi connectivity index (χ4n) is 1.45. The minimum absolute atomic E-state index is 0.0802. The Morgan fingerprint density at radius 1 is 1.05 bits per heavy atom. The Labute approximate surface area is 126 Å². The molecule has 0 aliphatic heterocycles. The van der Waals surface area contributed by atoms with Crippen LogP contribution in [-0.2, 0) is 12.6 Å². The number of hydrogen-bond acceptors (Lipinski definition) is 4. The van der Waals surface area contributed by atoms with Gasteiger partial charge in [0.15, 0.2) is 0 Å². The molecule has 2 aromatic rings. The monoisotopic (exact) mass is 401 g/mol. The van der Waals surface area contributed by atoms with Crippen molar-refractivity contribution in [2.45, 2.75) is 11.8 Å². The van der Waals surface area contributed by atoms with Crippen LogP contribution in [0.15, 0.2) is 59.5 Å². The molecule has 2 rings (SSSR count). The van der Waals surface area contributed by atoms with E-state index in [4.69, 9.17) is 7.77 Å². The van der Waals surface area contributed by atoms with Gasteiger partial charge in [0.25, 0.3) is 0 Å². The molecular formula is C14H12INO3S. The predicted octanol–water partition coefficient (Wildman–Crippen LogP) is 3.47. The van der Waals surface area contributed by atoms with E-state index in [9.17, 15) is 8.42 Å². The van der Waals surface area contributed by atoms with E-state index in [0.717, 1.165) is 5.56 Å². The van der Waals surface area contributed by atoms with E-state index in [-0.39, 0.29) is 4.90 Å². The van der Waals surface area contributed by atoms with E-state index in [2.05, 4.69) is 0 Å². The van der Waals surface area contributed by atoms with Gasteiger partial charge in [0, 0.05) is 0 Å². The number of hydrogen-bond donors (Lipinski definition) is 0. The van der Waals surface area contributed by atoms with Crippen LogP contribution in [0.4, 0.5) is 0 Å². The third kappa shape index (κ3) is 3.56. The number of benzene rings is 2. The standard InChI is InChI=1S/C14H12INO3S/c1-12-7-9-14(10-8-12)20(17,18)19-15(11-16)13-5-3-2-4-6-13/h2-10H,1H3. The average Bonchev–Trinajstić information content (AvgIpc) is 2.46. The Bertz CT molecular complexity index is 721. The SMILES string of the molecule is Cc1ccc(S(=O)(=O)OI(C#N)c2ccccc2)cc1. The molecule has 0 atom stereocenters. The number of nitriles is 1. The second-order valence-corrected chi connectivity index (χ2v) is 9.69. The molecule has 0 aromatic heterocycles. The van der Waals surface area contributed by atoms with Crippen molar-refractivity contribution < 1.29 is 10.9 Å². The van der Waals surface area contributed by atoms with Gasteiger partial charge in [-0.3, -0.25) is 0 Å². The van der Waals surface area contributed by atoms with Crippen LogP contribution in [0.5, 0.6) is 0 Å². The molecule has 0 bridgehead atoms. The summed E-state index contributed by atoms with van der Waals surface area (Å²) in [6.45, 7) is 1.87. The van der Waals surface area contributed by atoms with Gasteiger partial charge in [-0.05, 0) is 0 Å². The molecule has 0 N–H and O–H groups in total. The molecule has 104 valence electrons. The zero-order valence-electron chi connectivity index (χ0n) is 10.7. The second-order valence-electron chi connectivity index (χ2n) is 3.96. The molecule has 0 saturated heterocycles. The van der Waals surface area contributed by atoms with Gasteiger partial charge in [-0.15, -0.1) is 0 Å².